The van der Waals surface area contributed by atoms with Crippen molar-refractivity contribution in [3.8, 4) is 119 Å². The van der Waals surface area contributed by atoms with Crippen molar-refractivity contribution in [1.82, 2.24) is 18.3 Å². The molecule has 0 aliphatic carbocycles. The SMILES string of the molecule is N#Cc1ccc(-c2cccc(-n3c4ccccc4c4cc(-c5ccc(-c6ccc7c(c6)c6ccccc6n7-c6cccc(C#N)c6)cc5)ccc43)c2)cc1.N#Cc1cccc(-c2ccc(-n3c4ccccc4c4cc(-c5ccc(-c6ccc7c(c6)c6ccccc6n7-c6ccc(-c7ccccc7)cc6)cc5)ccc43)cc2)c1. The summed E-state index contributed by atoms with van der Waals surface area (Å²) >= 11 is 0. The van der Waals surface area contributed by atoms with Crippen LogP contribution < -0.4 is 0 Å². The third-order valence-electron chi connectivity index (χ3n) is 22.2. The molecule has 7 heteroatoms. The van der Waals surface area contributed by atoms with Gasteiger partial charge < -0.3 is 18.3 Å². The molecule has 4 heterocycles. The van der Waals surface area contributed by atoms with Crippen LogP contribution in [0.4, 0.5) is 0 Å². The van der Waals surface area contributed by atoms with Crippen LogP contribution in [0, 0.1) is 34.0 Å². The Morgan fingerprint density at radius 2 is 0.384 bits per heavy atom. The Morgan fingerprint density at radius 1 is 0.143 bits per heavy atom. The lowest BCUT2D eigenvalue weighted by atomic mass is 9.98. The van der Waals surface area contributed by atoms with Crippen molar-refractivity contribution in [2.45, 2.75) is 0 Å². The third-order valence-corrected chi connectivity index (χ3v) is 22.2. The summed E-state index contributed by atoms with van der Waals surface area (Å²) in [7, 11) is 0. The van der Waals surface area contributed by atoms with E-state index in [4.69, 9.17) is 0 Å². The number of fused-ring (bicyclic) bond motifs is 12. The quantitative estimate of drug-likeness (QED) is 0.129. The summed E-state index contributed by atoms with van der Waals surface area (Å²) in [4.78, 5) is 0. The van der Waals surface area contributed by atoms with Crippen LogP contribution in [0.2, 0.25) is 0 Å². The highest BCUT2D eigenvalue weighted by molar-refractivity contribution is 6.14. The number of nitrogens with zero attached hydrogens (tertiary/aromatic N) is 7. The molecule has 0 atom stereocenters. The molecule has 0 unspecified atom stereocenters. The van der Waals surface area contributed by atoms with E-state index in [1.54, 1.807) is 0 Å². The highest BCUT2D eigenvalue weighted by atomic mass is 15.0. The molecule has 17 aromatic carbocycles. The molecule has 7 nitrogen and oxygen atoms in total. The Balaban J connectivity index is 0.000000146. The normalized spacial score (nSPS) is 11.4. The van der Waals surface area contributed by atoms with E-state index in [-0.39, 0.29) is 0 Å². The first-order valence-electron chi connectivity index (χ1n) is 37.6. The predicted molar refractivity (Wildman–Crippen MR) is 462 cm³/mol. The summed E-state index contributed by atoms with van der Waals surface area (Å²) in [5.41, 5.74) is 31.7. The van der Waals surface area contributed by atoms with Gasteiger partial charge in [-0.25, -0.2) is 0 Å². The maximum absolute atomic E-state index is 9.56. The Morgan fingerprint density at radius 3 is 0.759 bits per heavy atom. The largest absolute Gasteiger partial charge is 0.309 e. The monoisotopic (exact) mass is 1420 g/mol. The first-order chi connectivity index (χ1) is 55.4. The average Bonchev–Trinajstić information content (AvgIpc) is 1.61. The van der Waals surface area contributed by atoms with Crippen LogP contribution >= 0.6 is 0 Å². The zero-order valence-electron chi connectivity index (χ0n) is 60.7. The molecule has 0 fully saturated rings. The molecule has 0 amide bonds. The molecule has 0 saturated carbocycles. The van der Waals surface area contributed by atoms with E-state index < -0.39 is 0 Å². The molecule has 4 aromatic heterocycles. The second-order valence-electron chi connectivity index (χ2n) is 28.5. The zero-order valence-corrected chi connectivity index (χ0v) is 60.7. The van der Waals surface area contributed by atoms with E-state index in [0.717, 1.165) is 83.8 Å². The van der Waals surface area contributed by atoms with Gasteiger partial charge in [0.1, 0.15) is 0 Å². The molecule has 21 aromatic rings. The molecule has 520 valence electrons. The molecular weight excluding hydrogens is 1360 g/mol. The summed E-state index contributed by atoms with van der Waals surface area (Å²) in [6.07, 6.45) is 0. The Labute approximate surface area is 647 Å². The van der Waals surface area contributed by atoms with Crippen molar-refractivity contribution in [2.75, 3.05) is 0 Å². The minimum Gasteiger partial charge on any atom is -0.309 e. The van der Waals surface area contributed by atoms with Crippen molar-refractivity contribution in [3.05, 3.63) is 411 Å². The Bertz CT molecular complexity index is 7420. The maximum atomic E-state index is 9.56. The van der Waals surface area contributed by atoms with Crippen LogP contribution in [0.15, 0.2) is 394 Å². The summed E-state index contributed by atoms with van der Waals surface area (Å²) in [6, 6.07) is 146. The van der Waals surface area contributed by atoms with Gasteiger partial charge in [-0.3, -0.25) is 0 Å². The van der Waals surface area contributed by atoms with Gasteiger partial charge in [0.05, 0.1) is 79.0 Å². The van der Waals surface area contributed by atoms with Crippen LogP contribution in [-0.2, 0) is 0 Å². The molecule has 0 N–H and O–H groups in total. The van der Waals surface area contributed by atoms with Crippen molar-refractivity contribution in [3.63, 3.8) is 0 Å². The number of aromatic nitrogens is 4. The second kappa shape index (κ2) is 27.6. The molecule has 0 bridgehead atoms. The molecule has 112 heavy (non-hydrogen) atoms. The number of nitriles is 3. The summed E-state index contributed by atoms with van der Waals surface area (Å²) in [5.74, 6) is 0. The van der Waals surface area contributed by atoms with Crippen molar-refractivity contribution >= 4 is 87.2 Å². The number of benzene rings is 17. The lowest BCUT2D eigenvalue weighted by molar-refractivity contribution is 1.18. The van der Waals surface area contributed by atoms with E-state index in [1.165, 1.54) is 104 Å². The van der Waals surface area contributed by atoms with E-state index >= 15 is 0 Å². The number of rotatable bonds is 11. The fourth-order valence-electron chi connectivity index (χ4n) is 16.7. The minimum absolute atomic E-state index is 0.644. The number of hydrogen-bond acceptors (Lipinski definition) is 3. The van der Waals surface area contributed by atoms with Crippen LogP contribution in [0.5, 0.6) is 0 Å². The summed E-state index contributed by atoms with van der Waals surface area (Å²) in [6.45, 7) is 0. The van der Waals surface area contributed by atoms with Gasteiger partial charge in [-0.05, 0) is 230 Å². The topological polar surface area (TPSA) is 91.1 Å². The van der Waals surface area contributed by atoms with E-state index in [0.29, 0.717) is 16.7 Å². The lowest BCUT2D eigenvalue weighted by Gasteiger charge is -2.11. The molecule has 0 radical (unpaired) electrons. The second-order valence-corrected chi connectivity index (χ2v) is 28.5. The van der Waals surface area contributed by atoms with E-state index in [1.807, 2.05) is 60.7 Å². The van der Waals surface area contributed by atoms with Crippen molar-refractivity contribution in [2.24, 2.45) is 0 Å². The molecule has 0 aliphatic heterocycles. The fourth-order valence-corrected chi connectivity index (χ4v) is 16.7. The van der Waals surface area contributed by atoms with Crippen molar-refractivity contribution in [1.29, 1.82) is 15.8 Å². The number of hydrogen-bond donors (Lipinski definition) is 0. The first-order valence-corrected chi connectivity index (χ1v) is 37.6. The van der Waals surface area contributed by atoms with Gasteiger partial charge in [0.15, 0.2) is 0 Å². The third kappa shape index (κ3) is 11.6. The molecule has 0 aliphatic rings. The zero-order chi connectivity index (χ0) is 74.8. The van der Waals surface area contributed by atoms with Gasteiger partial charge in [-0.15, -0.1) is 0 Å². The number of para-hydroxylation sites is 4. The fraction of sp³-hybridized carbons (Fsp3) is 0. The van der Waals surface area contributed by atoms with Crippen LogP contribution in [0.25, 0.3) is 188 Å². The highest BCUT2D eigenvalue weighted by Crippen LogP contribution is 2.42. The van der Waals surface area contributed by atoms with Gasteiger partial charge in [0.25, 0.3) is 0 Å². The Kier molecular flexibility index (Phi) is 16.3. The van der Waals surface area contributed by atoms with Gasteiger partial charge in [0.2, 0.25) is 0 Å². The van der Waals surface area contributed by atoms with Gasteiger partial charge >= 0.3 is 0 Å². The molecule has 0 spiro atoms. The smallest absolute Gasteiger partial charge is 0.0992 e. The van der Waals surface area contributed by atoms with Crippen LogP contribution in [-0.4, -0.2) is 18.3 Å². The van der Waals surface area contributed by atoms with Gasteiger partial charge in [-0.2, -0.15) is 15.8 Å². The van der Waals surface area contributed by atoms with Crippen molar-refractivity contribution < 1.29 is 0 Å². The van der Waals surface area contributed by atoms with E-state index in [2.05, 4.69) is 370 Å². The standard InChI is InChI=1S/C55H35N3.C50H30N4/c56-36-37-9-8-12-43(33-37)42-23-29-47(30-24-42)58-53-16-7-5-14-49(53)51-35-45(26-32-55(51)58)41-19-17-40(18-20-41)44-25-31-54-50(34-44)48-13-4-6-15-52(48)57(54)46-27-21-39(22-28-46)38-10-2-1-3-11-38;51-31-33-15-17-35(18-16-33)38-8-6-10-42(28-38)54-48-14-4-2-12-44(48)46-30-40(24-26-50(46)54)37-21-19-36(20-22-37)39-23-25-49-45(29-39)43-11-1-3-13-47(43)53(49)41-9-5-7-34(27-41)32-52/h1-35H;1-30H. The van der Waals surface area contributed by atoms with Gasteiger partial charge in [-0.1, -0.05) is 243 Å². The summed E-state index contributed by atoms with van der Waals surface area (Å²) < 4.78 is 9.32. The lowest BCUT2D eigenvalue weighted by Crippen LogP contribution is -1.94. The molecule has 21 rings (SSSR count). The summed E-state index contributed by atoms with van der Waals surface area (Å²) in [5, 5.41) is 37.9. The highest BCUT2D eigenvalue weighted by Gasteiger charge is 2.20. The minimum atomic E-state index is 0.644. The maximum Gasteiger partial charge on any atom is 0.0992 e. The van der Waals surface area contributed by atoms with Gasteiger partial charge in [0, 0.05) is 65.8 Å². The molecular formula is C105H65N7. The van der Waals surface area contributed by atoms with Crippen LogP contribution in [0.1, 0.15) is 16.7 Å². The Hall–Kier alpha value is -15.6. The average molecular weight is 1420 g/mol. The molecule has 0 saturated heterocycles. The first kappa shape index (κ1) is 65.9. The van der Waals surface area contributed by atoms with Crippen LogP contribution in [0.3, 0.4) is 0 Å². The predicted octanol–water partition coefficient (Wildman–Crippen LogP) is 27.0. The van der Waals surface area contributed by atoms with E-state index in [9.17, 15) is 15.8 Å².